The number of carbonyl (C=O) groups is 2. The smallest absolute Gasteiger partial charge is 0.225 e. The van der Waals surface area contributed by atoms with Gasteiger partial charge >= 0.3 is 0 Å². The number of benzene rings is 2. The van der Waals surface area contributed by atoms with Gasteiger partial charge in [0.25, 0.3) is 0 Å². The maximum atomic E-state index is 13.5. The molecule has 0 aromatic heterocycles. The van der Waals surface area contributed by atoms with Crippen LogP contribution < -0.4 is 9.47 Å². The monoisotopic (exact) mass is 422 g/mol. The third kappa shape index (κ3) is 4.53. The Labute approximate surface area is 183 Å². The first-order valence-corrected chi connectivity index (χ1v) is 10.9. The summed E-state index contributed by atoms with van der Waals surface area (Å²) in [6, 6.07) is 13.8. The minimum absolute atomic E-state index is 0.0136. The standard InChI is InChI=1S/C25H30N2O4/c1-17(28)26-13-12-18-6-4-5-7-22(18)23(26)15-25(29)27(20-8-9-20)16-19-14-21(30-2)10-11-24(19)31-3/h4-7,10-11,14,20,23H,8-9,12-13,15-16H2,1-3H3. The van der Waals surface area contributed by atoms with Crippen molar-refractivity contribution in [2.75, 3.05) is 20.8 Å². The van der Waals surface area contributed by atoms with Gasteiger partial charge in [0.2, 0.25) is 11.8 Å². The van der Waals surface area contributed by atoms with Gasteiger partial charge < -0.3 is 19.3 Å². The third-order valence-corrected chi connectivity index (χ3v) is 6.32. The average molecular weight is 423 g/mol. The van der Waals surface area contributed by atoms with Crippen molar-refractivity contribution in [1.29, 1.82) is 0 Å². The summed E-state index contributed by atoms with van der Waals surface area (Å²) in [6.45, 7) is 2.71. The average Bonchev–Trinajstić information content (AvgIpc) is 3.62. The van der Waals surface area contributed by atoms with E-state index < -0.39 is 0 Å². The van der Waals surface area contributed by atoms with Gasteiger partial charge in [-0.15, -0.1) is 0 Å². The normalized spacial score (nSPS) is 17.6. The van der Waals surface area contributed by atoms with E-state index in [1.807, 2.05) is 40.1 Å². The number of amides is 2. The van der Waals surface area contributed by atoms with Crippen LogP contribution in [-0.2, 0) is 22.6 Å². The fourth-order valence-electron chi connectivity index (χ4n) is 4.53. The predicted molar refractivity (Wildman–Crippen MR) is 118 cm³/mol. The summed E-state index contributed by atoms with van der Waals surface area (Å²) >= 11 is 0. The molecule has 1 atom stereocenters. The molecular formula is C25H30N2O4. The number of hydrogen-bond donors (Lipinski definition) is 0. The maximum Gasteiger partial charge on any atom is 0.225 e. The summed E-state index contributed by atoms with van der Waals surface area (Å²) in [4.78, 5) is 29.7. The van der Waals surface area contributed by atoms with E-state index in [4.69, 9.17) is 9.47 Å². The van der Waals surface area contributed by atoms with Gasteiger partial charge in [0.15, 0.2) is 0 Å². The van der Waals surface area contributed by atoms with Crippen LogP contribution in [0.25, 0.3) is 0 Å². The lowest BCUT2D eigenvalue weighted by atomic mass is 9.90. The molecule has 0 N–H and O–H groups in total. The molecular weight excluding hydrogens is 392 g/mol. The van der Waals surface area contributed by atoms with Crippen molar-refractivity contribution in [3.8, 4) is 11.5 Å². The molecule has 2 aromatic carbocycles. The maximum absolute atomic E-state index is 13.5. The SMILES string of the molecule is COc1ccc(OC)c(CN(C(=O)CC2c3ccccc3CCN2C(C)=O)C2CC2)c1. The Balaban J connectivity index is 1.59. The molecule has 0 spiro atoms. The van der Waals surface area contributed by atoms with Gasteiger partial charge in [0.1, 0.15) is 11.5 Å². The molecule has 1 unspecified atom stereocenters. The molecule has 164 valence electrons. The molecule has 0 bridgehead atoms. The number of ether oxygens (including phenoxy) is 2. The highest BCUT2D eigenvalue weighted by Gasteiger charge is 2.37. The van der Waals surface area contributed by atoms with Crippen molar-refractivity contribution in [2.24, 2.45) is 0 Å². The zero-order valence-electron chi connectivity index (χ0n) is 18.5. The lowest BCUT2D eigenvalue weighted by Gasteiger charge is -2.37. The second-order valence-corrected chi connectivity index (χ2v) is 8.31. The summed E-state index contributed by atoms with van der Waals surface area (Å²) in [5.41, 5.74) is 3.24. The van der Waals surface area contributed by atoms with Gasteiger partial charge in [-0.3, -0.25) is 9.59 Å². The second kappa shape index (κ2) is 9.00. The largest absolute Gasteiger partial charge is 0.497 e. The summed E-state index contributed by atoms with van der Waals surface area (Å²) in [7, 11) is 3.27. The Hall–Kier alpha value is -3.02. The Kier molecular flexibility index (Phi) is 6.16. The quantitative estimate of drug-likeness (QED) is 0.682. The van der Waals surface area contributed by atoms with Crippen LogP contribution in [0.4, 0.5) is 0 Å². The van der Waals surface area contributed by atoms with Gasteiger partial charge in [-0.25, -0.2) is 0 Å². The Morgan fingerprint density at radius 3 is 2.55 bits per heavy atom. The van der Waals surface area contributed by atoms with Crippen molar-refractivity contribution in [3.63, 3.8) is 0 Å². The first-order valence-electron chi connectivity index (χ1n) is 10.9. The number of hydrogen-bond acceptors (Lipinski definition) is 4. The predicted octanol–water partition coefficient (Wildman–Crippen LogP) is 3.73. The van der Waals surface area contributed by atoms with Crippen molar-refractivity contribution >= 4 is 11.8 Å². The van der Waals surface area contributed by atoms with Gasteiger partial charge in [-0.2, -0.15) is 0 Å². The van der Waals surface area contributed by atoms with Crippen LogP contribution in [0.15, 0.2) is 42.5 Å². The Bertz CT molecular complexity index is 970. The molecule has 1 heterocycles. The highest BCUT2D eigenvalue weighted by atomic mass is 16.5. The summed E-state index contributed by atoms with van der Waals surface area (Å²) < 4.78 is 10.9. The molecule has 4 rings (SSSR count). The first-order chi connectivity index (χ1) is 15.0. The van der Waals surface area contributed by atoms with Crippen LogP contribution in [0.3, 0.4) is 0 Å². The van der Waals surface area contributed by atoms with Crippen LogP contribution in [0.1, 0.15) is 48.9 Å². The minimum atomic E-state index is -0.219. The summed E-state index contributed by atoms with van der Waals surface area (Å²) in [5, 5.41) is 0. The topological polar surface area (TPSA) is 59.1 Å². The molecule has 6 nitrogen and oxygen atoms in total. The summed E-state index contributed by atoms with van der Waals surface area (Å²) in [6.07, 6.45) is 3.14. The zero-order valence-corrected chi connectivity index (χ0v) is 18.5. The van der Waals surface area contributed by atoms with Crippen LogP contribution in [0.5, 0.6) is 11.5 Å². The van der Waals surface area contributed by atoms with Crippen molar-refractivity contribution in [1.82, 2.24) is 9.80 Å². The molecule has 31 heavy (non-hydrogen) atoms. The molecule has 6 heteroatoms. The third-order valence-electron chi connectivity index (χ3n) is 6.32. The summed E-state index contributed by atoms with van der Waals surface area (Å²) in [5.74, 6) is 1.57. The van der Waals surface area contributed by atoms with Crippen molar-refractivity contribution in [3.05, 3.63) is 59.2 Å². The van der Waals surface area contributed by atoms with Crippen LogP contribution in [0, 0.1) is 0 Å². The number of fused-ring (bicyclic) bond motifs is 1. The van der Waals surface area contributed by atoms with E-state index in [9.17, 15) is 9.59 Å². The van der Waals surface area contributed by atoms with Gasteiger partial charge in [-0.05, 0) is 48.6 Å². The van der Waals surface area contributed by atoms with E-state index in [0.717, 1.165) is 41.9 Å². The molecule has 1 aliphatic carbocycles. The Morgan fingerprint density at radius 2 is 1.87 bits per heavy atom. The number of rotatable bonds is 7. The number of nitrogens with zero attached hydrogens (tertiary/aromatic N) is 2. The minimum Gasteiger partial charge on any atom is -0.497 e. The van der Waals surface area contributed by atoms with Crippen LogP contribution in [-0.4, -0.2) is 48.4 Å². The highest BCUT2D eigenvalue weighted by molar-refractivity contribution is 5.80. The second-order valence-electron chi connectivity index (χ2n) is 8.31. The fraction of sp³-hybridized carbons (Fsp3) is 0.440. The van der Waals surface area contributed by atoms with Crippen molar-refractivity contribution in [2.45, 2.75) is 51.2 Å². The van der Waals surface area contributed by atoms with E-state index >= 15 is 0 Å². The van der Waals surface area contributed by atoms with Gasteiger partial charge in [0, 0.05) is 31.6 Å². The molecule has 0 radical (unpaired) electrons. The molecule has 1 fully saturated rings. The molecule has 2 aromatic rings. The van der Waals surface area contributed by atoms with Gasteiger partial charge in [-0.1, -0.05) is 24.3 Å². The molecule has 1 aliphatic heterocycles. The Morgan fingerprint density at radius 1 is 1.10 bits per heavy atom. The molecule has 0 saturated heterocycles. The highest BCUT2D eigenvalue weighted by Crippen LogP contribution is 2.36. The molecule has 2 amide bonds. The van der Waals surface area contributed by atoms with E-state index in [1.165, 1.54) is 5.56 Å². The molecule has 1 saturated carbocycles. The number of carbonyl (C=O) groups excluding carboxylic acids is 2. The first kappa shape index (κ1) is 21.2. The van der Waals surface area contributed by atoms with E-state index in [0.29, 0.717) is 19.5 Å². The molecule has 2 aliphatic rings. The van der Waals surface area contributed by atoms with E-state index in [1.54, 1.807) is 21.1 Å². The zero-order chi connectivity index (χ0) is 22.0. The number of methoxy groups -OCH3 is 2. The van der Waals surface area contributed by atoms with Crippen LogP contribution >= 0.6 is 0 Å². The van der Waals surface area contributed by atoms with Crippen LogP contribution in [0.2, 0.25) is 0 Å². The fourth-order valence-corrected chi connectivity index (χ4v) is 4.53. The van der Waals surface area contributed by atoms with E-state index in [-0.39, 0.29) is 23.9 Å². The van der Waals surface area contributed by atoms with E-state index in [2.05, 4.69) is 12.1 Å². The lowest BCUT2D eigenvalue weighted by molar-refractivity contribution is -0.137. The van der Waals surface area contributed by atoms with Crippen molar-refractivity contribution < 1.29 is 19.1 Å². The van der Waals surface area contributed by atoms with Gasteiger partial charge in [0.05, 0.1) is 26.7 Å². The lowest BCUT2D eigenvalue weighted by Crippen LogP contribution is -2.42.